The summed E-state index contributed by atoms with van der Waals surface area (Å²) in [6.07, 6.45) is 6.81. The van der Waals surface area contributed by atoms with Crippen LogP contribution < -0.4 is 5.32 Å². The monoisotopic (exact) mass is 153 g/mol. The van der Waals surface area contributed by atoms with E-state index in [4.69, 9.17) is 0 Å². The first-order valence-corrected chi connectivity index (χ1v) is 4.68. The van der Waals surface area contributed by atoms with E-state index in [1.807, 2.05) is 0 Å². The van der Waals surface area contributed by atoms with Crippen molar-refractivity contribution in [2.75, 3.05) is 13.0 Å². The van der Waals surface area contributed by atoms with E-state index in [0.717, 1.165) is 18.9 Å². The Balaban J connectivity index is 3.36. The van der Waals surface area contributed by atoms with Crippen molar-refractivity contribution < 1.29 is 0 Å². The van der Waals surface area contributed by atoms with Gasteiger partial charge < -0.3 is 5.32 Å². The van der Waals surface area contributed by atoms with Crippen LogP contribution in [0.2, 0.25) is 6.82 Å². The van der Waals surface area contributed by atoms with Crippen LogP contribution in [-0.2, 0) is 0 Å². The van der Waals surface area contributed by atoms with Crippen LogP contribution in [0, 0.1) is 5.92 Å². The zero-order valence-electron chi connectivity index (χ0n) is 8.06. The fourth-order valence-electron chi connectivity index (χ4n) is 1.08. The Kier molecular flexibility index (Phi) is 7.70. The topological polar surface area (TPSA) is 12.0 Å². The number of hydrogen-bond acceptors (Lipinski definition) is 1. The third kappa shape index (κ3) is 6.17. The highest BCUT2D eigenvalue weighted by molar-refractivity contribution is 6.33. The van der Waals surface area contributed by atoms with E-state index < -0.39 is 0 Å². The van der Waals surface area contributed by atoms with E-state index in [-0.39, 0.29) is 0 Å². The van der Waals surface area contributed by atoms with Crippen LogP contribution in [0.3, 0.4) is 0 Å². The zero-order valence-corrected chi connectivity index (χ0v) is 8.06. The van der Waals surface area contributed by atoms with Gasteiger partial charge in [0.2, 0.25) is 0 Å². The maximum absolute atomic E-state index is 3.42. The van der Waals surface area contributed by atoms with Gasteiger partial charge in [-0.2, -0.15) is 0 Å². The van der Waals surface area contributed by atoms with Gasteiger partial charge in [-0.1, -0.05) is 25.9 Å². The quantitative estimate of drug-likeness (QED) is 0.347. The average Bonchev–Trinajstić information content (AvgIpc) is 2.03. The lowest BCUT2D eigenvalue weighted by molar-refractivity contribution is 0.572. The smallest absolute Gasteiger partial charge is 0.134 e. The maximum Gasteiger partial charge on any atom is 0.134 e. The molecule has 11 heavy (non-hydrogen) atoms. The zero-order chi connectivity index (χ0) is 8.53. The Hall–Kier alpha value is -0.235. The molecule has 2 heteroatoms. The predicted octanol–water partition coefficient (Wildman–Crippen LogP) is 1.62. The normalized spacial score (nSPS) is 13.7. The van der Waals surface area contributed by atoms with Crippen LogP contribution in [0.25, 0.3) is 0 Å². The van der Waals surface area contributed by atoms with Crippen molar-refractivity contribution >= 4 is 7.28 Å². The molecule has 0 fully saturated rings. The molecule has 0 aliphatic carbocycles. The van der Waals surface area contributed by atoms with Gasteiger partial charge in [0.25, 0.3) is 0 Å². The molecule has 1 nitrogen and oxygen atoms in total. The molecule has 0 aromatic rings. The van der Waals surface area contributed by atoms with Crippen molar-refractivity contribution in [1.29, 1.82) is 0 Å². The van der Waals surface area contributed by atoms with Gasteiger partial charge >= 0.3 is 0 Å². The summed E-state index contributed by atoms with van der Waals surface area (Å²) in [5.41, 5.74) is 0. The molecule has 0 aliphatic rings. The van der Waals surface area contributed by atoms with Crippen molar-refractivity contribution in [2.24, 2.45) is 5.92 Å². The van der Waals surface area contributed by atoms with Gasteiger partial charge in [0.15, 0.2) is 0 Å². The van der Waals surface area contributed by atoms with Gasteiger partial charge in [-0.25, -0.2) is 0 Å². The average molecular weight is 153 g/mol. The van der Waals surface area contributed by atoms with Crippen LogP contribution in [0.15, 0.2) is 12.2 Å². The number of allylic oxidation sites excluding steroid dienone is 1. The molecule has 0 saturated carbocycles. The van der Waals surface area contributed by atoms with E-state index in [0.29, 0.717) is 0 Å². The van der Waals surface area contributed by atoms with Gasteiger partial charge in [0, 0.05) is 6.54 Å². The Morgan fingerprint density at radius 1 is 1.55 bits per heavy atom. The van der Waals surface area contributed by atoms with Crippen molar-refractivity contribution in [3.8, 4) is 0 Å². The standard InChI is InChI=1S/C9H20BN/c1-4-6-9(5-2)7-11-8-10-3/h4,6,9-11H,5,7-8H2,1-3H3/b6-4-. The summed E-state index contributed by atoms with van der Waals surface area (Å²) in [6.45, 7) is 7.65. The first-order valence-electron chi connectivity index (χ1n) is 4.68. The Labute approximate surface area is 71.5 Å². The van der Waals surface area contributed by atoms with Crippen LogP contribution in [0.1, 0.15) is 20.3 Å². The molecule has 0 aliphatic heterocycles. The molecule has 0 saturated heterocycles. The third-order valence-corrected chi connectivity index (χ3v) is 1.82. The summed E-state index contributed by atoms with van der Waals surface area (Å²) in [7, 11) is 1.23. The second-order valence-electron chi connectivity index (χ2n) is 2.90. The lowest BCUT2D eigenvalue weighted by Gasteiger charge is -2.09. The molecule has 64 valence electrons. The van der Waals surface area contributed by atoms with Gasteiger partial charge in [0.05, 0.1) is 0 Å². The molecule has 1 N–H and O–H groups in total. The SMILES string of the molecule is CBCNCC(/C=C\C)CC. The highest BCUT2D eigenvalue weighted by Gasteiger charge is 1.98. The first-order chi connectivity index (χ1) is 5.35. The molecule has 1 atom stereocenters. The minimum absolute atomic E-state index is 0.728. The van der Waals surface area contributed by atoms with Crippen molar-refractivity contribution in [3.63, 3.8) is 0 Å². The molecule has 0 spiro atoms. The lowest BCUT2D eigenvalue weighted by Crippen LogP contribution is -2.24. The fraction of sp³-hybridized carbons (Fsp3) is 0.778. The van der Waals surface area contributed by atoms with Gasteiger partial charge in [-0.3, -0.25) is 0 Å². The number of nitrogens with one attached hydrogen (secondary N) is 1. The minimum Gasteiger partial charge on any atom is -0.324 e. The Morgan fingerprint density at radius 2 is 2.27 bits per heavy atom. The molecule has 0 aromatic heterocycles. The molecule has 1 unspecified atom stereocenters. The van der Waals surface area contributed by atoms with Crippen LogP contribution >= 0.6 is 0 Å². The second-order valence-corrected chi connectivity index (χ2v) is 2.90. The van der Waals surface area contributed by atoms with Crippen molar-refractivity contribution in [3.05, 3.63) is 12.2 Å². The first kappa shape index (κ1) is 10.8. The minimum atomic E-state index is 0.728. The van der Waals surface area contributed by atoms with E-state index in [9.17, 15) is 0 Å². The molecule has 0 bridgehead atoms. The van der Waals surface area contributed by atoms with Crippen molar-refractivity contribution in [1.82, 2.24) is 5.32 Å². The summed E-state index contributed by atoms with van der Waals surface area (Å²) < 4.78 is 0. The van der Waals surface area contributed by atoms with Crippen molar-refractivity contribution in [2.45, 2.75) is 27.1 Å². The highest BCUT2D eigenvalue weighted by Crippen LogP contribution is 2.01. The molecular weight excluding hydrogens is 133 g/mol. The number of rotatable bonds is 6. The molecule has 0 heterocycles. The summed E-state index contributed by atoms with van der Waals surface area (Å²) >= 11 is 0. The van der Waals surface area contributed by atoms with Gasteiger partial charge in [-0.05, 0) is 25.7 Å². The lowest BCUT2D eigenvalue weighted by atomic mass is 9.83. The van der Waals surface area contributed by atoms with E-state index >= 15 is 0 Å². The highest BCUT2D eigenvalue weighted by atomic mass is 14.8. The predicted molar refractivity (Wildman–Crippen MR) is 54.5 cm³/mol. The van der Waals surface area contributed by atoms with Crippen LogP contribution in [0.4, 0.5) is 0 Å². The molecule has 0 aromatic carbocycles. The van der Waals surface area contributed by atoms with Gasteiger partial charge in [-0.15, -0.1) is 0 Å². The number of hydrogen-bond donors (Lipinski definition) is 1. The van der Waals surface area contributed by atoms with E-state index in [1.165, 1.54) is 13.7 Å². The van der Waals surface area contributed by atoms with Gasteiger partial charge in [0.1, 0.15) is 7.28 Å². The summed E-state index contributed by atoms with van der Waals surface area (Å²) in [5, 5.41) is 3.42. The molecular formula is C9H20BN. The van der Waals surface area contributed by atoms with E-state index in [2.05, 4.69) is 38.1 Å². The maximum atomic E-state index is 3.42. The largest absolute Gasteiger partial charge is 0.324 e. The second kappa shape index (κ2) is 7.87. The summed E-state index contributed by atoms with van der Waals surface area (Å²) in [6, 6.07) is 0. The third-order valence-electron chi connectivity index (χ3n) is 1.82. The van der Waals surface area contributed by atoms with Crippen LogP contribution in [0.5, 0.6) is 0 Å². The fourth-order valence-corrected chi connectivity index (χ4v) is 1.08. The molecule has 0 radical (unpaired) electrons. The Bertz CT molecular complexity index is 102. The van der Waals surface area contributed by atoms with E-state index in [1.54, 1.807) is 0 Å². The summed E-state index contributed by atoms with van der Waals surface area (Å²) in [4.78, 5) is 0. The molecule has 0 amide bonds. The Morgan fingerprint density at radius 3 is 2.73 bits per heavy atom. The van der Waals surface area contributed by atoms with Crippen LogP contribution in [-0.4, -0.2) is 20.3 Å². The molecule has 0 rings (SSSR count). The summed E-state index contributed by atoms with van der Waals surface area (Å²) in [5.74, 6) is 0.728.